The molecule has 3 nitrogen and oxygen atoms in total. The second kappa shape index (κ2) is 5.57. The Bertz CT molecular complexity index is 443. The highest BCUT2D eigenvalue weighted by Crippen LogP contribution is 2.26. The number of benzene rings is 1. The summed E-state index contributed by atoms with van der Waals surface area (Å²) in [6.07, 6.45) is 2.45. The zero-order chi connectivity index (χ0) is 13.1. The minimum Gasteiger partial charge on any atom is -0.496 e. The standard InChI is InChI=1S/C14H20N2OS/c1-9-4-7-13(17-3)12(8-9)10(2)15-14(18)16-11-5-6-11/h4,7-8,10-11H,5-6H2,1-3H3,(H2,15,16,18)/t10-/m0/s1. The van der Waals surface area contributed by atoms with E-state index >= 15 is 0 Å². The van der Waals surface area contributed by atoms with Crippen molar-refractivity contribution < 1.29 is 4.74 Å². The van der Waals surface area contributed by atoms with Crippen molar-refractivity contribution in [2.75, 3.05) is 7.11 Å². The molecule has 18 heavy (non-hydrogen) atoms. The van der Waals surface area contributed by atoms with Crippen LogP contribution >= 0.6 is 12.2 Å². The van der Waals surface area contributed by atoms with E-state index in [-0.39, 0.29) is 6.04 Å². The summed E-state index contributed by atoms with van der Waals surface area (Å²) < 4.78 is 5.39. The van der Waals surface area contributed by atoms with Crippen LogP contribution in [-0.2, 0) is 0 Å². The lowest BCUT2D eigenvalue weighted by atomic mass is 10.0. The van der Waals surface area contributed by atoms with Gasteiger partial charge < -0.3 is 15.4 Å². The maximum atomic E-state index is 5.39. The van der Waals surface area contributed by atoms with Gasteiger partial charge in [-0.05, 0) is 45.0 Å². The molecule has 4 heteroatoms. The number of aryl methyl sites for hydroxylation is 1. The minimum atomic E-state index is 0.138. The second-order valence-corrected chi connectivity index (χ2v) is 5.27. The normalized spacial score (nSPS) is 15.9. The molecule has 0 bridgehead atoms. The maximum absolute atomic E-state index is 5.39. The van der Waals surface area contributed by atoms with Gasteiger partial charge in [-0.3, -0.25) is 0 Å². The zero-order valence-corrected chi connectivity index (χ0v) is 11.9. The number of hydrogen-bond acceptors (Lipinski definition) is 2. The molecule has 0 unspecified atom stereocenters. The fraction of sp³-hybridized carbons (Fsp3) is 0.500. The Kier molecular flexibility index (Phi) is 4.07. The van der Waals surface area contributed by atoms with E-state index in [0.29, 0.717) is 6.04 Å². The van der Waals surface area contributed by atoms with Gasteiger partial charge in [0.1, 0.15) is 5.75 Å². The Hall–Kier alpha value is -1.29. The number of thiocarbonyl (C=S) groups is 1. The molecule has 1 aromatic rings. The highest BCUT2D eigenvalue weighted by Gasteiger charge is 2.22. The Morgan fingerprint density at radius 3 is 2.78 bits per heavy atom. The fourth-order valence-corrected chi connectivity index (χ4v) is 2.26. The number of hydrogen-bond donors (Lipinski definition) is 2. The summed E-state index contributed by atoms with van der Waals surface area (Å²) in [6, 6.07) is 6.90. The third kappa shape index (κ3) is 3.35. The van der Waals surface area contributed by atoms with Crippen molar-refractivity contribution in [2.45, 2.75) is 38.8 Å². The van der Waals surface area contributed by atoms with Gasteiger partial charge >= 0.3 is 0 Å². The predicted molar refractivity (Wildman–Crippen MR) is 78.0 cm³/mol. The lowest BCUT2D eigenvalue weighted by molar-refractivity contribution is 0.405. The van der Waals surface area contributed by atoms with Gasteiger partial charge in [0, 0.05) is 11.6 Å². The first-order chi connectivity index (χ1) is 8.60. The smallest absolute Gasteiger partial charge is 0.166 e. The van der Waals surface area contributed by atoms with E-state index in [0.717, 1.165) is 16.4 Å². The van der Waals surface area contributed by atoms with E-state index in [2.05, 4.69) is 36.6 Å². The average Bonchev–Trinajstić information content (AvgIpc) is 3.12. The van der Waals surface area contributed by atoms with Crippen LogP contribution in [0.3, 0.4) is 0 Å². The molecule has 1 saturated carbocycles. The maximum Gasteiger partial charge on any atom is 0.166 e. The molecule has 98 valence electrons. The summed E-state index contributed by atoms with van der Waals surface area (Å²) in [7, 11) is 1.70. The third-order valence-electron chi connectivity index (χ3n) is 3.11. The molecule has 0 saturated heterocycles. The number of nitrogens with one attached hydrogen (secondary N) is 2. The summed E-state index contributed by atoms with van der Waals surface area (Å²) >= 11 is 5.30. The SMILES string of the molecule is COc1ccc(C)cc1[C@H](C)NC(=S)NC1CC1. The molecule has 1 fully saturated rings. The highest BCUT2D eigenvalue weighted by molar-refractivity contribution is 7.80. The van der Waals surface area contributed by atoms with E-state index < -0.39 is 0 Å². The van der Waals surface area contributed by atoms with Crippen LogP contribution in [0.4, 0.5) is 0 Å². The number of rotatable bonds is 4. The van der Waals surface area contributed by atoms with Gasteiger partial charge in [0.05, 0.1) is 13.2 Å². The molecule has 0 amide bonds. The Morgan fingerprint density at radius 1 is 1.44 bits per heavy atom. The third-order valence-corrected chi connectivity index (χ3v) is 3.35. The average molecular weight is 264 g/mol. The first-order valence-corrected chi connectivity index (χ1v) is 6.72. The molecule has 0 aliphatic heterocycles. The Labute approximate surface area is 114 Å². The molecule has 0 radical (unpaired) electrons. The van der Waals surface area contributed by atoms with Gasteiger partial charge in [-0.25, -0.2) is 0 Å². The zero-order valence-electron chi connectivity index (χ0n) is 11.1. The summed E-state index contributed by atoms with van der Waals surface area (Å²) in [6.45, 7) is 4.18. The van der Waals surface area contributed by atoms with Crippen molar-refractivity contribution in [1.82, 2.24) is 10.6 Å². The van der Waals surface area contributed by atoms with E-state index in [1.807, 2.05) is 6.07 Å². The molecule has 0 spiro atoms. The number of methoxy groups -OCH3 is 1. The molecule has 1 aromatic carbocycles. The molecule has 1 aliphatic carbocycles. The van der Waals surface area contributed by atoms with Gasteiger partial charge in [0.2, 0.25) is 0 Å². The first kappa shape index (κ1) is 13.1. The van der Waals surface area contributed by atoms with E-state index in [1.54, 1.807) is 7.11 Å². The highest BCUT2D eigenvalue weighted by atomic mass is 32.1. The quantitative estimate of drug-likeness (QED) is 0.819. The van der Waals surface area contributed by atoms with Crippen LogP contribution in [0.2, 0.25) is 0 Å². The largest absolute Gasteiger partial charge is 0.496 e. The van der Waals surface area contributed by atoms with Gasteiger partial charge in [0.25, 0.3) is 0 Å². The van der Waals surface area contributed by atoms with Gasteiger partial charge in [0.15, 0.2) is 5.11 Å². The summed E-state index contributed by atoms with van der Waals surface area (Å²) in [4.78, 5) is 0. The van der Waals surface area contributed by atoms with Crippen molar-refractivity contribution in [1.29, 1.82) is 0 Å². The second-order valence-electron chi connectivity index (χ2n) is 4.86. The molecule has 1 aliphatic rings. The first-order valence-electron chi connectivity index (χ1n) is 6.31. The summed E-state index contributed by atoms with van der Waals surface area (Å²) in [5.74, 6) is 0.898. The lowest BCUT2D eigenvalue weighted by Crippen LogP contribution is -2.38. The van der Waals surface area contributed by atoms with E-state index in [9.17, 15) is 0 Å². The van der Waals surface area contributed by atoms with Crippen molar-refractivity contribution >= 4 is 17.3 Å². The van der Waals surface area contributed by atoms with Gasteiger partial charge in [-0.15, -0.1) is 0 Å². The minimum absolute atomic E-state index is 0.138. The van der Waals surface area contributed by atoms with Crippen LogP contribution in [0.1, 0.15) is 36.9 Å². The van der Waals surface area contributed by atoms with Crippen molar-refractivity contribution in [2.24, 2.45) is 0 Å². The van der Waals surface area contributed by atoms with Crippen LogP contribution in [-0.4, -0.2) is 18.3 Å². The molecule has 1 atom stereocenters. The van der Waals surface area contributed by atoms with Gasteiger partial charge in [-0.1, -0.05) is 17.7 Å². The van der Waals surface area contributed by atoms with E-state index in [4.69, 9.17) is 17.0 Å². The fourth-order valence-electron chi connectivity index (χ4n) is 1.92. The molecular formula is C14H20N2OS. The predicted octanol–water partition coefficient (Wildman–Crippen LogP) is 2.69. The molecule has 0 aromatic heterocycles. The Morgan fingerprint density at radius 2 is 2.17 bits per heavy atom. The van der Waals surface area contributed by atoms with Crippen LogP contribution < -0.4 is 15.4 Å². The summed E-state index contributed by atoms with van der Waals surface area (Å²) in [5, 5.41) is 7.33. The molecule has 2 rings (SSSR count). The van der Waals surface area contributed by atoms with Crippen molar-refractivity contribution in [3.63, 3.8) is 0 Å². The molecular weight excluding hydrogens is 244 g/mol. The van der Waals surface area contributed by atoms with Crippen LogP contribution in [0.15, 0.2) is 18.2 Å². The van der Waals surface area contributed by atoms with Crippen LogP contribution in [0.5, 0.6) is 5.75 Å². The topological polar surface area (TPSA) is 33.3 Å². The summed E-state index contributed by atoms with van der Waals surface area (Å²) in [5.41, 5.74) is 2.36. The molecule has 0 heterocycles. The van der Waals surface area contributed by atoms with Crippen LogP contribution in [0.25, 0.3) is 0 Å². The molecule has 2 N–H and O–H groups in total. The van der Waals surface area contributed by atoms with E-state index in [1.165, 1.54) is 18.4 Å². The lowest BCUT2D eigenvalue weighted by Gasteiger charge is -2.20. The Balaban J connectivity index is 2.04. The number of ether oxygens (including phenoxy) is 1. The van der Waals surface area contributed by atoms with Crippen molar-refractivity contribution in [3.05, 3.63) is 29.3 Å². The van der Waals surface area contributed by atoms with Crippen LogP contribution in [0, 0.1) is 6.92 Å². The van der Waals surface area contributed by atoms with Crippen molar-refractivity contribution in [3.8, 4) is 5.75 Å². The van der Waals surface area contributed by atoms with Gasteiger partial charge in [-0.2, -0.15) is 0 Å². The monoisotopic (exact) mass is 264 g/mol.